The van der Waals surface area contributed by atoms with Crippen molar-refractivity contribution in [1.82, 2.24) is 34.5 Å². The molecule has 3 aromatic carbocycles. The van der Waals surface area contributed by atoms with E-state index in [4.69, 9.17) is 30.9 Å². The lowest BCUT2D eigenvalue weighted by Crippen LogP contribution is -2.47. The highest BCUT2D eigenvalue weighted by Crippen LogP contribution is 2.41. The van der Waals surface area contributed by atoms with Gasteiger partial charge in [0.05, 0.1) is 72.0 Å². The molecule has 17 heteroatoms. The van der Waals surface area contributed by atoms with Gasteiger partial charge in [0, 0.05) is 61.1 Å². The SMILES string of the molecule is COc1cc(-n2ncc3c(-c4cccc(Nc5nc(C(F)F)nc6cc(CN(C)C7CCC(C(=O)O)CC7)cnc56)c4Cl)cccc32)cc(OC)c1CN(C)[C@@H]1CCOC[C@@H]1O. The summed E-state index contributed by atoms with van der Waals surface area (Å²) in [6.07, 6.45) is 3.39. The minimum Gasteiger partial charge on any atom is -0.496 e. The average Bonchev–Trinajstić information content (AvgIpc) is 3.72. The number of aromatic nitrogens is 5. The van der Waals surface area contributed by atoms with Crippen LogP contribution in [0.15, 0.2) is 67.0 Å². The molecule has 1 saturated heterocycles. The molecule has 0 radical (unpaired) electrons. The first-order valence-electron chi connectivity index (χ1n) is 20.6. The van der Waals surface area contributed by atoms with Gasteiger partial charge in [-0.25, -0.2) is 23.4 Å². The molecule has 6 aromatic rings. The predicted octanol–water partition coefficient (Wildman–Crippen LogP) is 8.04. The quantitative estimate of drug-likeness (QED) is 0.0966. The molecule has 8 rings (SSSR count). The fourth-order valence-electron chi connectivity index (χ4n) is 8.83. The molecule has 0 spiro atoms. The van der Waals surface area contributed by atoms with Crippen molar-refractivity contribution < 1.29 is 38.0 Å². The highest BCUT2D eigenvalue weighted by atomic mass is 35.5. The van der Waals surface area contributed by atoms with Crippen molar-refractivity contribution in [2.24, 2.45) is 5.92 Å². The number of aliphatic carboxylic acids is 1. The van der Waals surface area contributed by atoms with Gasteiger partial charge in [-0.3, -0.25) is 19.6 Å². The summed E-state index contributed by atoms with van der Waals surface area (Å²) in [6, 6.07) is 16.9. The Morgan fingerprint density at radius 3 is 2.39 bits per heavy atom. The van der Waals surface area contributed by atoms with Crippen LogP contribution in [0.1, 0.15) is 55.5 Å². The highest BCUT2D eigenvalue weighted by molar-refractivity contribution is 6.36. The van der Waals surface area contributed by atoms with Gasteiger partial charge in [0.15, 0.2) is 11.6 Å². The van der Waals surface area contributed by atoms with Gasteiger partial charge >= 0.3 is 5.97 Å². The molecule has 0 unspecified atom stereocenters. The number of hydrogen-bond donors (Lipinski definition) is 3. The number of fused-ring (bicyclic) bond motifs is 2. The van der Waals surface area contributed by atoms with E-state index in [0.29, 0.717) is 84.5 Å². The second-order valence-corrected chi connectivity index (χ2v) is 16.4. The van der Waals surface area contributed by atoms with Crippen molar-refractivity contribution in [3.63, 3.8) is 0 Å². The van der Waals surface area contributed by atoms with Gasteiger partial charge in [0.25, 0.3) is 6.43 Å². The number of carboxylic acid groups (broad SMARTS) is 1. The first kappa shape index (κ1) is 43.1. The van der Waals surface area contributed by atoms with Crippen LogP contribution in [0.3, 0.4) is 0 Å². The van der Waals surface area contributed by atoms with E-state index in [-0.39, 0.29) is 29.3 Å². The van der Waals surface area contributed by atoms with Crippen LogP contribution in [-0.4, -0.2) is 110 Å². The van der Waals surface area contributed by atoms with E-state index in [1.807, 2.05) is 56.6 Å². The Bertz CT molecular complexity index is 2560. The van der Waals surface area contributed by atoms with Crippen LogP contribution >= 0.6 is 11.6 Å². The van der Waals surface area contributed by atoms with Crippen LogP contribution in [0, 0.1) is 5.92 Å². The van der Waals surface area contributed by atoms with Crippen LogP contribution in [0.5, 0.6) is 11.5 Å². The standard InChI is InChI=1S/C45H49ClF2N8O6/c1-54(27-13-11-26(12-14-27)45(58)59)22-25-17-34-41(49-20-25)43(53-44(52-34)42(47)48)51-33-9-5-8-30(40(33)46)29-7-6-10-35-31(29)21-50-56(35)28-18-38(60-3)32(39(19-28)61-4)23-55(2)36-15-16-62-24-37(36)57/h5-10,17-21,26-27,36-37,42,57H,11-16,22-24H2,1-4H3,(H,58,59)(H,51,52,53)/t26?,27?,36-,37+/m1/s1. The molecule has 0 bridgehead atoms. The van der Waals surface area contributed by atoms with Crippen molar-refractivity contribution >= 4 is 51.0 Å². The molecule has 2 atom stereocenters. The van der Waals surface area contributed by atoms with Crippen molar-refractivity contribution in [2.45, 2.75) is 69.8 Å². The predicted molar refractivity (Wildman–Crippen MR) is 232 cm³/mol. The summed E-state index contributed by atoms with van der Waals surface area (Å²) in [7, 11) is 7.16. The summed E-state index contributed by atoms with van der Waals surface area (Å²) in [4.78, 5) is 28.7. The van der Waals surface area contributed by atoms with E-state index in [2.05, 4.69) is 30.1 Å². The summed E-state index contributed by atoms with van der Waals surface area (Å²) >= 11 is 7.16. The molecule has 0 amide bonds. The number of rotatable bonds is 14. The number of benzene rings is 3. The van der Waals surface area contributed by atoms with Crippen molar-refractivity contribution in [3.8, 4) is 28.3 Å². The zero-order valence-corrected chi connectivity index (χ0v) is 35.6. The Morgan fingerprint density at radius 1 is 0.968 bits per heavy atom. The lowest BCUT2D eigenvalue weighted by molar-refractivity contribution is -0.143. The number of hydrogen-bond acceptors (Lipinski definition) is 12. The zero-order chi connectivity index (χ0) is 43.7. The molecule has 1 aliphatic heterocycles. The monoisotopic (exact) mass is 870 g/mol. The van der Waals surface area contributed by atoms with E-state index in [1.165, 1.54) is 0 Å². The topological polar surface area (TPSA) is 160 Å². The van der Waals surface area contributed by atoms with Crippen LogP contribution in [0.25, 0.3) is 38.8 Å². The zero-order valence-electron chi connectivity index (χ0n) is 34.9. The van der Waals surface area contributed by atoms with E-state index < -0.39 is 24.3 Å². The van der Waals surface area contributed by atoms with E-state index >= 15 is 0 Å². The average molecular weight is 871 g/mol. The second-order valence-electron chi connectivity index (χ2n) is 16.0. The van der Waals surface area contributed by atoms with Gasteiger partial charge in [-0.1, -0.05) is 35.9 Å². The van der Waals surface area contributed by atoms with Crippen LogP contribution in [-0.2, 0) is 22.6 Å². The Kier molecular flexibility index (Phi) is 12.8. The second kappa shape index (κ2) is 18.4. The fraction of sp³-hybridized carbons (Fsp3) is 0.400. The Morgan fingerprint density at radius 2 is 1.69 bits per heavy atom. The Labute approximate surface area is 362 Å². The number of halogens is 3. The third kappa shape index (κ3) is 8.75. The van der Waals surface area contributed by atoms with Crippen molar-refractivity contribution in [2.75, 3.05) is 46.8 Å². The molecule has 62 heavy (non-hydrogen) atoms. The summed E-state index contributed by atoms with van der Waals surface area (Å²) in [5.41, 5.74) is 5.57. The number of carbonyl (C=O) groups is 1. The summed E-state index contributed by atoms with van der Waals surface area (Å²) in [5.74, 6) is -0.411. The summed E-state index contributed by atoms with van der Waals surface area (Å²) in [6.45, 7) is 1.85. The number of nitrogens with zero attached hydrogens (tertiary/aromatic N) is 7. The molecule has 4 heterocycles. The smallest absolute Gasteiger partial charge is 0.306 e. The Balaban J connectivity index is 1.07. The first-order valence-corrected chi connectivity index (χ1v) is 20.9. The number of carboxylic acids is 1. The molecule has 14 nitrogen and oxygen atoms in total. The van der Waals surface area contributed by atoms with Crippen molar-refractivity contribution in [3.05, 3.63) is 89.0 Å². The summed E-state index contributed by atoms with van der Waals surface area (Å²) < 4.78 is 47.5. The summed E-state index contributed by atoms with van der Waals surface area (Å²) in [5, 5.41) is 29.1. The highest BCUT2D eigenvalue weighted by Gasteiger charge is 2.30. The minimum atomic E-state index is -2.93. The van der Waals surface area contributed by atoms with Gasteiger partial charge < -0.3 is 29.7 Å². The maximum Gasteiger partial charge on any atom is 0.306 e. The molecule has 2 fully saturated rings. The lowest BCUT2D eigenvalue weighted by atomic mass is 9.85. The maximum absolute atomic E-state index is 14.2. The number of aliphatic hydroxyl groups excluding tert-OH is 1. The maximum atomic E-state index is 14.2. The normalized spacial score (nSPS) is 19.5. The number of methoxy groups -OCH3 is 2. The number of alkyl halides is 2. The van der Waals surface area contributed by atoms with E-state index in [1.54, 1.807) is 43.4 Å². The number of ether oxygens (including phenoxy) is 3. The number of anilines is 2. The minimum absolute atomic E-state index is 0.0735. The van der Waals surface area contributed by atoms with Gasteiger partial charge in [-0.05, 0) is 75.5 Å². The number of pyridine rings is 1. The third-order valence-corrected chi connectivity index (χ3v) is 12.6. The number of nitrogens with one attached hydrogen (secondary N) is 1. The van der Waals surface area contributed by atoms with Crippen LogP contribution < -0.4 is 14.8 Å². The lowest BCUT2D eigenvalue weighted by Gasteiger charge is -2.35. The molecule has 3 N–H and O–H groups in total. The molecular formula is C45H49ClF2N8O6. The van der Waals surface area contributed by atoms with E-state index in [0.717, 1.165) is 40.4 Å². The van der Waals surface area contributed by atoms with Crippen molar-refractivity contribution in [1.29, 1.82) is 0 Å². The van der Waals surface area contributed by atoms with Gasteiger partial charge in [-0.2, -0.15) is 5.10 Å². The molecule has 2 aliphatic rings. The fourth-order valence-corrected chi connectivity index (χ4v) is 9.10. The van der Waals surface area contributed by atoms with Gasteiger partial charge in [0.1, 0.15) is 17.0 Å². The number of aliphatic hydroxyl groups is 1. The molecule has 326 valence electrons. The van der Waals surface area contributed by atoms with Gasteiger partial charge in [-0.15, -0.1) is 0 Å². The number of likely N-dealkylation sites (N-methyl/N-ethyl adjacent to an activating group) is 1. The third-order valence-electron chi connectivity index (χ3n) is 12.2. The molecule has 3 aromatic heterocycles. The largest absolute Gasteiger partial charge is 0.496 e. The van der Waals surface area contributed by atoms with Crippen LogP contribution in [0.4, 0.5) is 20.3 Å². The van der Waals surface area contributed by atoms with E-state index in [9.17, 15) is 23.8 Å². The molecular weight excluding hydrogens is 822 g/mol. The van der Waals surface area contributed by atoms with Gasteiger partial charge in [0.2, 0.25) is 0 Å². The Hall–Kier alpha value is -5.52. The van der Waals surface area contributed by atoms with Crippen LogP contribution in [0.2, 0.25) is 5.02 Å². The molecule has 1 aliphatic carbocycles. The first-order chi connectivity index (χ1) is 29.9. The molecule has 1 saturated carbocycles.